The molecule has 0 aromatic heterocycles. The van der Waals surface area contributed by atoms with Crippen LogP contribution in [0, 0.1) is 11.8 Å². The molecule has 1 aliphatic rings. The standard InChI is InChI=1S/C14H26N2O/c1-4-6-7-8-13(15-9-5-2)14-12-16(3)10-11-17-14/h13-15H,5,7-12H2,1-3H3. The van der Waals surface area contributed by atoms with Crippen LogP contribution >= 0.6 is 0 Å². The van der Waals surface area contributed by atoms with Crippen LogP contribution in [0.4, 0.5) is 0 Å². The number of morpholine rings is 1. The number of nitrogens with one attached hydrogen (secondary N) is 1. The molecular weight excluding hydrogens is 212 g/mol. The number of hydrogen-bond donors (Lipinski definition) is 1. The van der Waals surface area contributed by atoms with Gasteiger partial charge in [-0.05, 0) is 33.4 Å². The van der Waals surface area contributed by atoms with Crippen molar-refractivity contribution in [1.29, 1.82) is 0 Å². The van der Waals surface area contributed by atoms with Crippen LogP contribution in [0.15, 0.2) is 0 Å². The lowest BCUT2D eigenvalue weighted by Gasteiger charge is -2.35. The van der Waals surface area contributed by atoms with Gasteiger partial charge in [-0.2, -0.15) is 0 Å². The molecule has 0 saturated carbocycles. The summed E-state index contributed by atoms with van der Waals surface area (Å²) in [4.78, 5) is 2.35. The molecule has 0 aromatic carbocycles. The van der Waals surface area contributed by atoms with Crippen molar-refractivity contribution >= 4 is 0 Å². The number of hydrogen-bond acceptors (Lipinski definition) is 3. The van der Waals surface area contributed by atoms with E-state index < -0.39 is 0 Å². The highest BCUT2D eigenvalue weighted by atomic mass is 16.5. The van der Waals surface area contributed by atoms with Crippen LogP contribution in [0.3, 0.4) is 0 Å². The van der Waals surface area contributed by atoms with Crippen LogP contribution in [0.5, 0.6) is 0 Å². The van der Waals surface area contributed by atoms with Gasteiger partial charge in [-0.3, -0.25) is 0 Å². The van der Waals surface area contributed by atoms with Gasteiger partial charge in [0, 0.05) is 25.6 Å². The third-order valence-electron chi connectivity index (χ3n) is 3.16. The molecule has 0 amide bonds. The molecular formula is C14H26N2O. The van der Waals surface area contributed by atoms with E-state index in [0.717, 1.165) is 39.1 Å². The zero-order valence-corrected chi connectivity index (χ0v) is 11.5. The Hall–Kier alpha value is -0.560. The van der Waals surface area contributed by atoms with Crippen LogP contribution in [0.2, 0.25) is 0 Å². The van der Waals surface area contributed by atoms with Crippen molar-refractivity contribution in [3.63, 3.8) is 0 Å². The number of nitrogens with zero attached hydrogens (tertiary/aromatic N) is 1. The van der Waals surface area contributed by atoms with E-state index in [1.165, 1.54) is 6.42 Å². The van der Waals surface area contributed by atoms with Gasteiger partial charge in [-0.1, -0.05) is 6.92 Å². The van der Waals surface area contributed by atoms with Gasteiger partial charge in [-0.15, -0.1) is 11.8 Å². The van der Waals surface area contributed by atoms with Crippen molar-refractivity contribution in [3.8, 4) is 11.8 Å². The first kappa shape index (κ1) is 14.5. The molecule has 1 fully saturated rings. The summed E-state index contributed by atoms with van der Waals surface area (Å²) in [5.41, 5.74) is 0. The van der Waals surface area contributed by atoms with Crippen molar-refractivity contribution in [2.45, 2.75) is 45.3 Å². The summed E-state index contributed by atoms with van der Waals surface area (Å²) >= 11 is 0. The molecule has 0 bridgehead atoms. The molecule has 1 saturated heterocycles. The first-order chi connectivity index (χ1) is 8.27. The average Bonchev–Trinajstić information content (AvgIpc) is 2.33. The first-order valence-electron chi connectivity index (χ1n) is 6.71. The van der Waals surface area contributed by atoms with Gasteiger partial charge in [-0.25, -0.2) is 0 Å². The van der Waals surface area contributed by atoms with Crippen LogP contribution in [-0.4, -0.2) is 50.3 Å². The molecule has 2 unspecified atom stereocenters. The SMILES string of the molecule is CC#CCCC(NCCC)C1CN(C)CCO1. The Morgan fingerprint density at radius 1 is 1.53 bits per heavy atom. The lowest BCUT2D eigenvalue weighted by Crippen LogP contribution is -2.51. The first-order valence-corrected chi connectivity index (χ1v) is 6.71. The van der Waals surface area contributed by atoms with E-state index in [9.17, 15) is 0 Å². The molecule has 1 N–H and O–H groups in total. The molecule has 17 heavy (non-hydrogen) atoms. The van der Waals surface area contributed by atoms with Gasteiger partial charge in [0.1, 0.15) is 0 Å². The predicted octanol–water partition coefficient (Wildman–Crippen LogP) is 1.49. The maximum atomic E-state index is 5.89. The summed E-state index contributed by atoms with van der Waals surface area (Å²) < 4.78 is 5.89. The maximum Gasteiger partial charge on any atom is 0.0855 e. The minimum Gasteiger partial charge on any atom is -0.374 e. The van der Waals surface area contributed by atoms with Crippen molar-refractivity contribution in [2.24, 2.45) is 0 Å². The lowest BCUT2D eigenvalue weighted by atomic mass is 10.0. The predicted molar refractivity (Wildman–Crippen MR) is 72.0 cm³/mol. The molecule has 3 heteroatoms. The van der Waals surface area contributed by atoms with Crippen molar-refractivity contribution in [3.05, 3.63) is 0 Å². The van der Waals surface area contributed by atoms with E-state index in [1.807, 2.05) is 6.92 Å². The topological polar surface area (TPSA) is 24.5 Å². The molecule has 0 aliphatic carbocycles. The normalized spacial score (nSPS) is 22.9. The Morgan fingerprint density at radius 2 is 2.35 bits per heavy atom. The molecule has 3 nitrogen and oxygen atoms in total. The molecule has 0 aromatic rings. The van der Waals surface area contributed by atoms with E-state index in [-0.39, 0.29) is 0 Å². The van der Waals surface area contributed by atoms with Crippen LogP contribution < -0.4 is 5.32 Å². The van der Waals surface area contributed by atoms with E-state index in [1.54, 1.807) is 0 Å². The smallest absolute Gasteiger partial charge is 0.0855 e. The molecule has 1 rings (SSSR count). The summed E-state index contributed by atoms with van der Waals surface area (Å²) in [5, 5.41) is 3.60. The second kappa shape index (κ2) is 8.52. The number of rotatable bonds is 6. The Labute approximate surface area is 106 Å². The number of ether oxygens (including phenoxy) is 1. The minimum absolute atomic E-state index is 0.318. The van der Waals surface area contributed by atoms with Gasteiger partial charge >= 0.3 is 0 Å². The fourth-order valence-electron chi connectivity index (χ4n) is 2.16. The molecule has 1 aliphatic heterocycles. The van der Waals surface area contributed by atoms with Gasteiger partial charge in [0.05, 0.1) is 12.7 Å². The molecule has 0 spiro atoms. The van der Waals surface area contributed by atoms with Crippen LogP contribution in [-0.2, 0) is 4.74 Å². The largest absolute Gasteiger partial charge is 0.374 e. The third kappa shape index (κ3) is 5.54. The quantitative estimate of drug-likeness (QED) is 0.710. The monoisotopic (exact) mass is 238 g/mol. The Morgan fingerprint density at radius 3 is 3.00 bits per heavy atom. The molecule has 0 radical (unpaired) electrons. The fraction of sp³-hybridized carbons (Fsp3) is 0.857. The second-order valence-electron chi connectivity index (χ2n) is 4.70. The van der Waals surface area contributed by atoms with Crippen LogP contribution in [0.1, 0.15) is 33.1 Å². The van der Waals surface area contributed by atoms with Gasteiger partial charge in [0.15, 0.2) is 0 Å². The summed E-state index contributed by atoms with van der Waals surface area (Å²) in [6, 6.07) is 0.443. The maximum absolute atomic E-state index is 5.89. The molecule has 2 atom stereocenters. The molecule has 1 heterocycles. The highest BCUT2D eigenvalue weighted by Gasteiger charge is 2.25. The highest BCUT2D eigenvalue weighted by Crippen LogP contribution is 2.12. The van der Waals surface area contributed by atoms with E-state index >= 15 is 0 Å². The van der Waals surface area contributed by atoms with Crippen molar-refractivity contribution in [1.82, 2.24) is 10.2 Å². The summed E-state index contributed by atoms with van der Waals surface area (Å²) in [6.45, 7) is 8.09. The molecule has 98 valence electrons. The zero-order valence-electron chi connectivity index (χ0n) is 11.5. The van der Waals surface area contributed by atoms with Gasteiger partial charge in [0.25, 0.3) is 0 Å². The summed E-state index contributed by atoms with van der Waals surface area (Å²) in [7, 11) is 2.16. The Balaban J connectivity index is 2.43. The minimum atomic E-state index is 0.318. The van der Waals surface area contributed by atoms with E-state index in [0.29, 0.717) is 12.1 Å². The second-order valence-corrected chi connectivity index (χ2v) is 4.70. The van der Waals surface area contributed by atoms with Crippen LogP contribution in [0.25, 0.3) is 0 Å². The summed E-state index contributed by atoms with van der Waals surface area (Å²) in [5.74, 6) is 6.11. The highest BCUT2D eigenvalue weighted by molar-refractivity contribution is 4.96. The lowest BCUT2D eigenvalue weighted by molar-refractivity contribution is -0.0396. The van der Waals surface area contributed by atoms with Crippen molar-refractivity contribution in [2.75, 3.05) is 33.3 Å². The van der Waals surface area contributed by atoms with Crippen molar-refractivity contribution < 1.29 is 4.74 Å². The average molecular weight is 238 g/mol. The Kier molecular flexibility index (Phi) is 7.27. The Bertz CT molecular complexity index is 257. The summed E-state index contributed by atoms with van der Waals surface area (Å²) in [6.07, 6.45) is 3.53. The van der Waals surface area contributed by atoms with E-state index in [2.05, 4.69) is 36.0 Å². The van der Waals surface area contributed by atoms with E-state index in [4.69, 9.17) is 4.74 Å². The number of likely N-dealkylation sites (N-methyl/N-ethyl adjacent to an activating group) is 1. The fourth-order valence-corrected chi connectivity index (χ4v) is 2.16. The zero-order chi connectivity index (χ0) is 12.5. The van der Waals surface area contributed by atoms with Gasteiger partial charge in [0.2, 0.25) is 0 Å². The third-order valence-corrected chi connectivity index (χ3v) is 3.16. The van der Waals surface area contributed by atoms with Gasteiger partial charge < -0.3 is 15.0 Å².